The first-order chi connectivity index (χ1) is 21.1. The zero-order chi connectivity index (χ0) is 31.1. The van der Waals surface area contributed by atoms with Gasteiger partial charge in [0.2, 0.25) is 5.91 Å². The number of rotatable bonds is 9. The first-order valence-electron chi connectivity index (χ1n) is 18.2. The van der Waals surface area contributed by atoms with Crippen LogP contribution in [0.5, 0.6) is 0 Å². The third kappa shape index (κ3) is 6.67. The van der Waals surface area contributed by atoms with Gasteiger partial charge in [0.1, 0.15) is 13.1 Å². The molecule has 5 nitrogen and oxygen atoms in total. The van der Waals surface area contributed by atoms with Crippen LogP contribution >= 0.6 is 0 Å². The molecule has 6 rings (SSSR count). The fraction of sp³-hybridized carbons (Fsp3) is 0.769. The predicted octanol–water partition coefficient (Wildman–Crippen LogP) is 3.92. The number of benzene rings is 1. The fourth-order valence-electron chi connectivity index (χ4n) is 11.9. The van der Waals surface area contributed by atoms with E-state index in [4.69, 9.17) is 0 Å². The lowest BCUT2D eigenvalue weighted by molar-refractivity contribution is -0.944. The third-order valence-electron chi connectivity index (χ3n) is 14.6. The second kappa shape index (κ2) is 14.0. The van der Waals surface area contributed by atoms with Crippen LogP contribution < -0.4 is 12.4 Å². The molecule has 1 aromatic rings. The number of aliphatic hydroxyl groups excluding tert-OH is 2. The van der Waals surface area contributed by atoms with Crippen molar-refractivity contribution in [1.82, 2.24) is 4.90 Å². The molecule has 1 amide bonds. The van der Waals surface area contributed by atoms with E-state index >= 15 is 0 Å². The van der Waals surface area contributed by atoms with E-state index in [1.807, 2.05) is 6.08 Å². The molecule has 45 heavy (non-hydrogen) atoms. The summed E-state index contributed by atoms with van der Waals surface area (Å²) < 4.78 is 0.856. The van der Waals surface area contributed by atoms with Gasteiger partial charge in [0.15, 0.2) is 0 Å². The lowest BCUT2D eigenvalue weighted by atomic mass is 9.44. The maximum atomic E-state index is 13.5. The molecule has 0 bridgehead atoms. The number of halogens is 1. The maximum absolute atomic E-state index is 13.5. The van der Waals surface area contributed by atoms with Crippen molar-refractivity contribution in [2.24, 2.45) is 46.3 Å². The number of quaternary nitrogens is 1. The molecule has 1 aliphatic heterocycles. The number of piperazine rings is 1. The van der Waals surface area contributed by atoms with Crippen LogP contribution in [0, 0.1) is 46.3 Å². The molecule has 0 aromatic heterocycles. The van der Waals surface area contributed by atoms with Gasteiger partial charge in [0.05, 0.1) is 38.9 Å². The molecule has 5 aliphatic rings. The number of hydrogen-bond donors (Lipinski definition) is 2. The van der Waals surface area contributed by atoms with E-state index in [0.717, 1.165) is 98.2 Å². The van der Waals surface area contributed by atoms with E-state index < -0.39 is 0 Å². The van der Waals surface area contributed by atoms with E-state index in [-0.39, 0.29) is 25.1 Å². The molecular formula is C39H61ClN2O3. The Bertz CT molecular complexity index is 1170. The molecule has 1 aromatic carbocycles. The van der Waals surface area contributed by atoms with Crippen molar-refractivity contribution in [3.63, 3.8) is 0 Å². The summed E-state index contributed by atoms with van der Waals surface area (Å²) in [4.78, 5) is 15.6. The van der Waals surface area contributed by atoms with Gasteiger partial charge in [-0.1, -0.05) is 57.7 Å². The summed E-state index contributed by atoms with van der Waals surface area (Å²) in [7, 11) is 0. The summed E-state index contributed by atoms with van der Waals surface area (Å²) in [6.45, 7) is 16.8. The zero-order valence-corrected chi connectivity index (χ0v) is 29.2. The van der Waals surface area contributed by atoms with Crippen LogP contribution in [0.2, 0.25) is 0 Å². The highest BCUT2D eigenvalue weighted by atomic mass is 35.5. The lowest BCUT2D eigenvalue weighted by Gasteiger charge is -2.61. The first kappa shape index (κ1) is 34.9. The fourth-order valence-corrected chi connectivity index (χ4v) is 11.9. The lowest BCUT2D eigenvalue weighted by Crippen LogP contribution is -3.00. The Balaban J connectivity index is 0.00000400. The molecule has 1 saturated heterocycles. The largest absolute Gasteiger partial charge is 1.00 e. The van der Waals surface area contributed by atoms with Crippen LogP contribution in [-0.2, 0) is 11.3 Å². The van der Waals surface area contributed by atoms with Gasteiger partial charge in [-0.2, -0.15) is 0 Å². The Morgan fingerprint density at radius 2 is 1.71 bits per heavy atom. The molecule has 9 atom stereocenters. The van der Waals surface area contributed by atoms with E-state index in [2.05, 4.69) is 56.5 Å². The number of hydrogen-bond acceptors (Lipinski definition) is 3. The molecular weight excluding hydrogens is 580 g/mol. The van der Waals surface area contributed by atoms with Gasteiger partial charge in [0.25, 0.3) is 0 Å². The average Bonchev–Trinajstić information content (AvgIpc) is 3.38. The number of carbonyl (C=O) groups is 1. The first-order valence-corrected chi connectivity index (χ1v) is 18.2. The smallest absolute Gasteiger partial charge is 0.222 e. The molecule has 4 saturated carbocycles. The van der Waals surface area contributed by atoms with Gasteiger partial charge in [-0.25, -0.2) is 0 Å². The van der Waals surface area contributed by atoms with Gasteiger partial charge >= 0.3 is 0 Å². The van der Waals surface area contributed by atoms with Gasteiger partial charge in [0, 0.05) is 12.0 Å². The number of amides is 1. The molecule has 4 unspecified atom stereocenters. The number of aliphatic hydroxyl groups is 2. The van der Waals surface area contributed by atoms with Gasteiger partial charge in [-0.05, 0) is 116 Å². The Morgan fingerprint density at radius 3 is 2.40 bits per heavy atom. The van der Waals surface area contributed by atoms with E-state index in [9.17, 15) is 15.0 Å². The SMILES string of the molecule is C=Cc1ccc(C[N+]2(CCO)CCN(C(=O)CC[C@@H](C)[C@H]3CCC4C5CCC6C[C@H](O)CC[C@]6(C)C5CC[C@@]43C)CC2)cc1.[Cl-]. The third-order valence-corrected chi connectivity index (χ3v) is 14.6. The molecule has 252 valence electrons. The van der Waals surface area contributed by atoms with Crippen molar-refractivity contribution >= 4 is 12.0 Å². The van der Waals surface area contributed by atoms with Crippen LogP contribution in [0.15, 0.2) is 30.8 Å². The highest BCUT2D eigenvalue weighted by Gasteiger charge is 2.60. The number of nitrogens with zero attached hydrogens (tertiary/aromatic N) is 2. The predicted molar refractivity (Wildman–Crippen MR) is 178 cm³/mol. The summed E-state index contributed by atoms with van der Waals surface area (Å²) in [6.07, 6.45) is 14.9. The summed E-state index contributed by atoms with van der Waals surface area (Å²) in [6, 6.07) is 8.59. The quantitative estimate of drug-likeness (QED) is 0.403. The molecule has 4 aliphatic carbocycles. The van der Waals surface area contributed by atoms with Gasteiger partial charge < -0.3 is 32.0 Å². The van der Waals surface area contributed by atoms with Crippen LogP contribution in [-0.4, -0.2) is 70.9 Å². The monoisotopic (exact) mass is 640 g/mol. The van der Waals surface area contributed by atoms with Crippen molar-refractivity contribution in [1.29, 1.82) is 0 Å². The average molecular weight is 641 g/mol. The molecule has 0 spiro atoms. The molecule has 0 radical (unpaired) electrons. The second-order valence-corrected chi connectivity index (χ2v) is 16.6. The van der Waals surface area contributed by atoms with Crippen molar-refractivity contribution in [2.45, 2.75) is 104 Å². The summed E-state index contributed by atoms with van der Waals surface area (Å²) >= 11 is 0. The van der Waals surface area contributed by atoms with Crippen LogP contribution in [0.3, 0.4) is 0 Å². The highest BCUT2D eigenvalue weighted by molar-refractivity contribution is 5.76. The van der Waals surface area contributed by atoms with Crippen LogP contribution in [0.1, 0.15) is 103 Å². The number of fused-ring (bicyclic) bond motifs is 5. The van der Waals surface area contributed by atoms with Crippen molar-refractivity contribution in [2.75, 3.05) is 39.3 Å². The van der Waals surface area contributed by atoms with Gasteiger partial charge in [-0.15, -0.1) is 0 Å². The van der Waals surface area contributed by atoms with E-state index in [1.165, 1.54) is 50.5 Å². The van der Waals surface area contributed by atoms with Crippen molar-refractivity contribution in [3.8, 4) is 0 Å². The molecule has 2 N–H and O–H groups in total. The minimum atomic E-state index is -0.0643. The van der Waals surface area contributed by atoms with Crippen LogP contribution in [0.4, 0.5) is 0 Å². The van der Waals surface area contributed by atoms with E-state index in [0.29, 0.717) is 29.1 Å². The minimum Gasteiger partial charge on any atom is -1.00 e. The summed E-state index contributed by atoms with van der Waals surface area (Å²) in [5, 5.41) is 20.3. The van der Waals surface area contributed by atoms with Gasteiger partial charge in [-0.3, -0.25) is 4.79 Å². The van der Waals surface area contributed by atoms with Crippen molar-refractivity contribution < 1.29 is 31.9 Å². The molecule has 6 heteroatoms. The van der Waals surface area contributed by atoms with E-state index in [1.54, 1.807) is 0 Å². The molecule has 5 fully saturated rings. The maximum Gasteiger partial charge on any atom is 0.222 e. The standard InChI is InChI=1S/C39H61N2O3.ClH/c1-5-29-7-9-30(10-8-29)27-41(24-25-42)22-20-40(21-23-41)37(44)15-6-28(2)34-13-14-35-33-12-11-31-26-32(43)16-18-38(31,3)36(33)17-19-39(34,35)4;/h5,7-10,28,31-36,42-43H,1,6,11-27H2,2-4H3;1H/q+1;/p-1/t28-,31?,32-,33?,34-,35?,36?,38+,39-;/m1./s1. The summed E-state index contributed by atoms with van der Waals surface area (Å²) in [5.41, 5.74) is 3.29. The Kier molecular flexibility index (Phi) is 10.9. The van der Waals surface area contributed by atoms with Crippen LogP contribution in [0.25, 0.3) is 6.08 Å². The Labute approximate surface area is 279 Å². The topological polar surface area (TPSA) is 60.8 Å². The number of carbonyl (C=O) groups excluding carboxylic acids is 1. The second-order valence-electron chi connectivity index (χ2n) is 16.6. The summed E-state index contributed by atoms with van der Waals surface area (Å²) in [5.74, 6) is 4.96. The molecule has 1 heterocycles. The van der Waals surface area contributed by atoms with Crippen molar-refractivity contribution in [3.05, 3.63) is 42.0 Å². The minimum absolute atomic E-state index is 0. The normalized spacial score (nSPS) is 37.8. The Morgan fingerprint density at radius 1 is 1.02 bits per heavy atom. The highest BCUT2D eigenvalue weighted by Crippen LogP contribution is 2.68. The zero-order valence-electron chi connectivity index (χ0n) is 28.4. The Hall–Kier alpha value is -1.40.